The Morgan fingerprint density at radius 3 is 2.78 bits per heavy atom. The molecule has 114 valence electrons. The lowest BCUT2D eigenvalue weighted by molar-refractivity contribution is 0.531. The van der Waals surface area contributed by atoms with Crippen LogP contribution < -0.4 is 5.32 Å². The van der Waals surface area contributed by atoms with Gasteiger partial charge < -0.3 is 9.73 Å². The van der Waals surface area contributed by atoms with Gasteiger partial charge in [-0.1, -0.05) is 11.6 Å². The van der Waals surface area contributed by atoms with E-state index in [1.807, 2.05) is 42.5 Å². The van der Waals surface area contributed by atoms with Crippen molar-refractivity contribution in [2.24, 2.45) is 0 Å². The van der Waals surface area contributed by atoms with Crippen LogP contribution in [0.5, 0.6) is 0 Å². The topological polar surface area (TPSA) is 81.1 Å². The summed E-state index contributed by atoms with van der Waals surface area (Å²) in [6.45, 7) is 0.508. The zero-order valence-electron chi connectivity index (χ0n) is 11.8. The summed E-state index contributed by atoms with van der Waals surface area (Å²) in [7, 11) is 0. The van der Waals surface area contributed by atoms with Crippen LogP contribution in [-0.4, -0.2) is 25.3 Å². The lowest BCUT2D eigenvalue weighted by Crippen LogP contribution is -2.04. The van der Waals surface area contributed by atoms with E-state index < -0.39 is 0 Å². The van der Waals surface area contributed by atoms with Gasteiger partial charge in [-0.05, 0) is 59.0 Å². The van der Waals surface area contributed by atoms with E-state index in [1.54, 1.807) is 6.07 Å². The van der Waals surface area contributed by atoms with Crippen LogP contribution in [0.4, 0.5) is 5.82 Å². The van der Waals surface area contributed by atoms with Crippen molar-refractivity contribution in [3.63, 3.8) is 0 Å². The van der Waals surface area contributed by atoms with Crippen molar-refractivity contribution in [2.45, 2.75) is 6.54 Å². The molecule has 1 aromatic carbocycles. The second-order valence-electron chi connectivity index (χ2n) is 4.87. The number of anilines is 1. The van der Waals surface area contributed by atoms with Gasteiger partial charge in [0.2, 0.25) is 0 Å². The highest BCUT2D eigenvalue weighted by Gasteiger charge is 2.06. The first kappa shape index (κ1) is 13.7. The van der Waals surface area contributed by atoms with Crippen LogP contribution in [0, 0.1) is 0 Å². The Hall–Kier alpha value is -2.93. The summed E-state index contributed by atoms with van der Waals surface area (Å²) in [5.74, 6) is 2.25. The molecule has 8 heteroatoms. The molecule has 7 nitrogen and oxygen atoms in total. The Bertz CT molecular complexity index is 946. The standard InChI is InChI=1S/C15H11ClN6O/c16-11-3-1-10(2-4-11)13-6-5-12(23-13)9-17-14-7-8-15-18-20-21-22(15)19-14/h1-8H,9H2,(H,17,19). The van der Waals surface area contributed by atoms with E-state index in [0.29, 0.717) is 23.0 Å². The van der Waals surface area contributed by atoms with Crippen LogP contribution in [0.3, 0.4) is 0 Å². The molecule has 0 aliphatic rings. The molecule has 3 aromatic heterocycles. The maximum Gasteiger partial charge on any atom is 0.200 e. The Kier molecular flexibility index (Phi) is 3.39. The highest BCUT2D eigenvalue weighted by molar-refractivity contribution is 6.30. The molecule has 4 rings (SSSR count). The van der Waals surface area contributed by atoms with E-state index in [2.05, 4.69) is 25.9 Å². The number of nitrogens with one attached hydrogen (secondary N) is 1. The fourth-order valence-corrected chi connectivity index (χ4v) is 2.29. The van der Waals surface area contributed by atoms with Gasteiger partial charge in [0.1, 0.15) is 17.3 Å². The smallest absolute Gasteiger partial charge is 0.200 e. The third-order valence-corrected chi connectivity index (χ3v) is 3.56. The van der Waals surface area contributed by atoms with Gasteiger partial charge in [-0.15, -0.1) is 14.8 Å². The zero-order valence-corrected chi connectivity index (χ0v) is 12.6. The average molecular weight is 327 g/mol. The van der Waals surface area contributed by atoms with Crippen LogP contribution in [0.1, 0.15) is 5.76 Å². The predicted molar refractivity (Wildman–Crippen MR) is 85.1 cm³/mol. The summed E-state index contributed by atoms with van der Waals surface area (Å²) in [6, 6.07) is 15.0. The molecule has 0 aliphatic heterocycles. The quantitative estimate of drug-likeness (QED) is 0.620. The first-order valence-corrected chi connectivity index (χ1v) is 7.30. The van der Waals surface area contributed by atoms with Crippen molar-refractivity contribution >= 4 is 23.1 Å². The first-order valence-electron chi connectivity index (χ1n) is 6.92. The highest BCUT2D eigenvalue weighted by Crippen LogP contribution is 2.24. The van der Waals surface area contributed by atoms with E-state index in [0.717, 1.165) is 17.1 Å². The molecule has 0 radical (unpaired) electrons. The van der Waals surface area contributed by atoms with Crippen molar-refractivity contribution in [1.82, 2.24) is 25.3 Å². The second-order valence-corrected chi connectivity index (χ2v) is 5.31. The van der Waals surface area contributed by atoms with Crippen molar-refractivity contribution in [3.8, 4) is 11.3 Å². The summed E-state index contributed by atoms with van der Waals surface area (Å²) >= 11 is 5.89. The van der Waals surface area contributed by atoms with Gasteiger partial charge in [0.05, 0.1) is 6.54 Å². The fraction of sp³-hybridized carbons (Fsp3) is 0.0667. The number of rotatable bonds is 4. The normalized spacial score (nSPS) is 11.0. The van der Waals surface area contributed by atoms with Crippen molar-refractivity contribution in [1.29, 1.82) is 0 Å². The molecule has 0 aliphatic carbocycles. The summed E-state index contributed by atoms with van der Waals surface area (Å²) in [5.41, 5.74) is 1.58. The number of nitrogens with zero attached hydrogens (tertiary/aromatic N) is 5. The Balaban J connectivity index is 1.48. The number of fused-ring (bicyclic) bond motifs is 1. The molecule has 0 fully saturated rings. The molecule has 0 saturated heterocycles. The van der Waals surface area contributed by atoms with Crippen molar-refractivity contribution < 1.29 is 4.42 Å². The number of benzene rings is 1. The summed E-state index contributed by atoms with van der Waals surface area (Å²) in [6.07, 6.45) is 0. The van der Waals surface area contributed by atoms with E-state index in [1.165, 1.54) is 4.63 Å². The molecular weight excluding hydrogens is 316 g/mol. The van der Waals surface area contributed by atoms with Crippen LogP contribution >= 0.6 is 11.6 Å². The zero-order chi connectivity index (χ0) is 15.6. The maximum atomic E-state index is 5.89. The molecule has 0 atom stereocenters. The molecule has 3 heterocycles. The molecule has 0 spiro atoms. The lowest BCUT2D eigenvalue weighted by atomic mass is 10.2. The highest BCUT2D eigenvalue weighted by atomic mass is 35.5. The molecule has 4 aromatic rings. The van der Waals surface area contributed by atoms with Gasteiger partial charge in [-0.2, -0.15) is 0 Å². The van der Waals surface area contributed by atoms with E-state index in [-0.39, 0.29) is 0 Å². The van der Waals surface area contributed by atoms with Crippen LogP contribution in [0.15, 0.2) is 52.9 Å². The average Bonchev–Trinajstić information content (AvgIpc) is 3.22. The third kappa shape index (κ3) is 2.86. The van der Waals surface area contributed by atoms with Crippen molar-refractivity contribution in [2.75, 3.05) is 5.32 Å². The Labute approximate surface area is 135 Å². The third-order valence-electron chi connectivity index (χ3n) is 3.30. The lowest BCUT2D eigenvalue weighted by Gasteiger charge is -2.03. The minimum atomic E-state index is 0.508. The van der Waals surface area contributed by atoms with Gasteiger partial charge in [0, 0.05) is 10.6 Å². The predicted octanol–water partition coefficient (Wildman–Crippen LogP) is 3.04. The molecule has 1 N–H and O–H groups in total. The van der Waals surface area contributed by atoms with Gasteiger partial charge >= 0.3 is 0 Å². The summed E-state index contributed by atoms with van der Waals surface area (Å²) < 4.78 is 7.19. The number of halogens is 1. The molecule has 23 heavy (non-hydrogen) atoms. The second kappa shape index (κ2) is 5.69. The van der Waals surface area contributed by atoms with Crippen molar-refractivity contribution in [3.05, 3.63) is 59.3 Å². The Morgan fingerprint density at radius 2 is 1.91 bits per heavy atom. The Morgan fingerprint density at radius 1 is 1.04 bits per heavy atom. The summed E-state index contributed by atoms with van der Waals surface area (Å²) in [5, 5.41) is 19.2. The minimum absolute atomic E-state index is 0.508. The number of hydrogen-bond acceptors (Lipinski definition) is 6. The minimum Gasteiger partial charge on any atom is -0.459 e. The number of furan rings is 1. The van der Waals surface area contributed by atoms with E-state index >= 15 is 0 Å². The molecule has 0 saturated carbocycles. The van der Waals surface area contributed by atoms with Gasteiger partial charge in [0.25, 0.3) is 0 Å². The molecular formula is C15H11ClN6O. The van der Waals surface area contributed by atoms with Crippen LogP contribution in [-0.2, 0) is 6.54 Å². The molecule has 0 amide bonds. The van der Waals surface area contributed by atoms with Gasteiger partial charge in [0.15, 0.2) is 5.65 Å². The van der Waals surface area contributed by atoms with Crippen LogP contribution in [0.25, 0.3) is 17.0 Å². The van der Waals surface area contributed by atoms with E-state index in [4.69, 9.17) is 16.0 Å². The van der Waals surface area contributed by atoms with Crippen LogP contribution in [0.2, 0.25) is 5.02 Å². The monoisotopic (exact) mass is 326 g/mol. The SMILES string of the molecule is Clc1ccc(-c2ccc(CNc3ccc4nnnn4n3)o2)cc1. The van der Waals surface area contributed by atoms with Gasteiger partial charge in [-0.3, -0.25) is 0 Å². The van der Waals surface area contributed by atoms with E-state index in [9.17, 15) is 0 Å². The molecule has 0 bridgehead atoms. The first-order chi connectivity index (χ1) is 11.3. The van der Waals surface area contributed by atoms with Gasteiger partial charge in [-0.25, -0.2) is 0 Å². The fourth-order valence-electron chi connectivity index (χ4n) is 2.16. The number of aromatic nitrogens is 5. The molecule has 0 unspecified atom stereocenters. The largest absolute Gasteiger partial charge is 0.459 e. The summed E-state index contributed by atoms with van der Waals surface area (Å²) in [4.78, 5) is 0. The number of hydrogen-bond donors (Lipinski definition) is 1. The maximum absolute atomic E-state index is 5.89. The number of tetrazole rings is 1.